The molecule has 2 aromatic carbocycles. The van der Waals surface area contributed by atoms with E-state index >= 15 is 0 Å². The van der Waals surface area contributed by atoms with E-state index < -0.39 is 62.8 Å². The van der Waals surface area contributed by atoms with Crippen LogP contribution in [0.1, 0.15) is 21.9 Å². The lowest BCUT2D eigenvalue weighted by Crippen LogP contribution is -2.47. The Hall–Kier alpha value is -2.61. The van der Waals surface area contributed by atoms with Crippen molar-refractivity contribution in [3.05, 3.63) is 59.7 Å². The summed E-state index contributed by atoms with van der Waals surface area (Å²) in [6, 6.07) is 7.41. The Labute approximate surface area is 207 Å². The molecule has 0 fully saturated rings. The van der Waals surface area contributed by atoms with Crippen LogP contribution in [0.2, 0.25) is 0 Å². The summed E-state index contributed by atoms with van der Waals surface area (Å²) in [7, 11) is -16.1. The number of halogens is 6. The van der Waals surface area contributed by atoms with Crippen LogP contribution in [0.4, 0.5) is 26.3 Å². The van der Waals surface area contributed by atoms with E-state index in [4.69, 9.17) is 9.47 Å². The highest BCUT2D eigenvalue weighted by Crippen LogP contribution is 2.37. The van der Waals surface area contributed by atoms with E-state index in [1.807, 2.05) is 0 Å². The quantitative estimate of drug-likeness (QED) is 0.396. The van der Waals surface area contributed by atoms with Crippen molar-refractivity contribution in [2.24, 2.45) is 0 Å². The molecule has 2 unspecified atom stereocenters. The van der Waals surface area contributed by atoms with Crippen molar-refractivity contribution in [2.45, 2.75) is 21.8 Å². The van der Waals surface area contributed by atoms with E-state index in [1.54, 1.807) is 0 Å². The van der Waals surface area contributed by atoms with Gasteiger partial charge in [-0.3, -0.25) is 0 Å². The molecule has 208 valence electrons. The highest BCUT2D eigenvalue weighted by atomic mass is 32.2. The molecule has 10 nitrogen and oxygen atoms in total. The Morgan fingerprint density at radius 2 is 0.865 bits per heavy atom. The smallest absolute Gasteiger partial charge is 0.497 e. The number of nitrogens with one attached hydrogen (secondary N) is 2. The minimum atomic E-state index is -6.42. The van der Waals surface area contributed by atoms with Crippen molar-refractivity contribution >= 4 is 29.9 Å². The fourth-order valence-electron chi connectivity index (χ4n) is 2.76. The van der Waals surface area contributed by atoms with Gasteiger partial charge in [-0.1, -0.05) is 24.3 Å². The summed E-state index contributed by atoms with van der Waals surface area (Å²) in [5.74, 6) is 0.117. The number of ether oxygens (including phenoxy) is 2. The highest BCUT2D eigenvalue weighted by molar-refractivity contribution is 7.96. The second-order valence-electron chi connectivity index (χ2n) is 7.03. The minimum absolute atomic E-state index is 0.0584. The Kier molecular flexibility index (Phi) is 8.80. The molecule has 37 heavy (non-hydrogen) atoms. The summed E-state index contributed by atoms with van der Waals surface area (Å²) in [4.78, 5) is 0. The minimum Gasteiger partial charge on any atom is -0.497 e. The first-order valence-corrected chi connectivity index (χ1v) is 14.0. The van der Waals surface area contributed by atoms with Crippen LogP contribution in [0.15, 0.2) is 48.5 Å². The Morgan fingerprint density at radius 1 is 0.595 bits per heavy atom. The lowest BCUT2D eigenvalue weighted by Gasteiger charge is -2.27. The standard InChI is InChI=1S/C18H18F6N2O8S3/c1-33-13-7-3-11(4-8-13)15(25-36(29,30)17(19,20)21)35(27,28)16(26-37(31,32)18(22,23)24)12-5-9-14(34-2)10-6-12/h3-10,15-16,25-26H,1-2H3. The van der Waals surface area contributed by atoms with Crippen LogP contribution in [-0.2, 0) is 29.9 Å². The second-order valence-corrected chi connectivity index (χ2v) is 12.6. The van der Waals surface area contributed by atoms with Crippen molar-refractivity contribution in [2.75, 3.05) is 14.2 Å². The van der Waals surface area contributed by atoms with E-state index in [0.717, 1.165) is 58.0 Å². The zero-order valence-electron chi connectivity index (χ0n) is 18.5. The molecule has 0 amide bonds. The molecule has 2 rings (SSSR count). The van der Waals surface area contributed by atoms with Gasteiger partial charge in [0.25, 0.3) is 0 Å². The topological polar surface area (TPSA) is 145 Å². The normalized spacial score (nSPS) is 15.1. The van der Waals surface area contributed by atoms with Crippen molar-refractivity contribution in [1.82, 2.24) is 9.44 Å². The molecule has 0 radical (unpaired) electrons. The van der Waals surface area contributed by atoms with Crippen LogP contribution in [0, 0.1) is 0 Å². The highest BCUT2D eigenvalue weighted by Gasteiger charge is 2.53. The molecule has 0 aliphatic rings. The fourth-order valence-corrected chi connectivity index (χ4v) is 7.04. The van der Waals surface area contributed by atoms with Gasteiger partial charge in [0.1, 0.15) is 11.5 Å². The maximum absolute atomic E-state index is 13.5. The summed E-state index contributed by atoms with van der Waals surface area (Å²) in [5, 5.41) is -5.82. The third-order valence-corrected chi connectivity index (χ3v) is 9.33. The van der Waals surface area contributed by atoms with Gasteiger partial charge >= 0.3 is 31.1 Å². The largest absolute Gasteiger partial charge is 0.511 e. The van der Waals surface area contributed by atoms with Gasteiger partial charge in [-0.25, -0.2) is 25.3 Å². The van der Waals surface area contributed by atoms with Gasteiger partial charge in [0.2, 0.25) is 0 Å². The molecular formula is C18H18F6N2O8S3. The first kappa shape index (κ1) is 30.6. The molecule has 0 aromatic heterocycles. The molecular weight excluding hydrogens is 582 g/mol. The van der Waals surface area contributed by atoms with E-state index in [2.05, 4.69) is 0 Å². The first-order chi connectivity index (χ1) is 16.8. The number of sulfone groups is 1. The average Bonchev–Trinajstić information content (AvgIpc) is 2.79. The van der Waals surface area contributed by atoms with Gasteiger partial charge in [-0.15, -0.1) is 0 Å². The molecule has 0 saturated carbocycles. The first-order valence-electron chi connectivity index (χ1n) is 9.44. The summed E-state index contributed by atoms with van der Waals surface area (Å²) >= 11 is 0. The van der Waals surface area contributed by atoms with E-state index in [9.17, 15) is 51.6 Å². The van der Waals surface area contributed by atoms with E-state index in [-0.39, 0.29) is 11.5 Å². The fraction of sp³-hybridized carbons (Fsp3) is 0.333. The molecule has 2 aromatic rings. The van der Waals surface area contributed by atoms with Gasteiger partial charge in [-0.05, 0) is 35.4 Å². The second kappa shape index (κ2) is 10.6. The summed E-state index contributed by atoms with van der Waals surface area (Å²) in [6.07, 6.45) is 0. The van der Waals surface area contributed by atoms with Crippen LogP contribution in [0.3, 0.4) is 0 Å². The maximum atomic E-state index is 13.5. The molecule has 19 heteroatoms. The van der Waals surface area contributed by atoms with Crippen molar-refractivity contribution in [3.8, 4) is 11.5 Å². The number of hydrogen-bond donors (Lipinski definition) is 2. The maximum Gasteiger partial charge on any atom is 0.511 e. The molecule has 2 atom stereocenters. The number of benzene rings is 2. The molecule has 0 bridgehead atoms. The number of alkyl halides is 6. The average molecular weight is 601 g/mol. The molecule has 0 heterocycles. The van der Waals surface area contributed by atoms with Crippen LogP contribution < -0.4 is 18.9 Å². The molecule has 0 aliphatic heterocycles. The van der Waals surface area contributed by atoms with Crippen LogP contribution in [0.5, 0.6) is 11.5 Å². The lowest BCUT2D eigenvalue weighted by atomic mass is 10.2. The van der Waals surface area contributed by atoms with Crippen molar-refractivity contribution < 1.29 is 61.1 Å². The third-order valence-electron chi connectivity index (χ3n) is 4.63. The Morgan fingerprint density at radius 3 is 1.08 bits per heavy atom. The zero-order chi connectivity index (χ0) is 28.4. The van der Waals surface area contributed by atoms with Gasteiger partial charge < -0.3 is 9.47 Å². The van der Waals surface area contributed by atoms with E-state index in [0.29, 0.717) is 0 Å². The van der Waals surface area contributed by atoms with Crippen LogP contribution in [-0.4, -0.2) is 50.5 Å². The third kappa shape index (κ3) is 6.83. The van der Waals surface area contributed by atoms with E-state index in [1.165, 1.54) is 14.2 Å². The van der Waals surface area contributed by atoms with Gasteiger partial charge in [0, 0.05) is 0 Å². The Bertz CT molecular complexity index is 1300. The van der Waals surface area contributed by atoms with Crippen molar-refractivity contribution in [3.63, 3.8) is 0 Å². The summed E-state index contributed by atoms with van der Waals surface area (Å²) in [6.45, 7) is 0. The zero-order valence-corrected chi connectivity index (χ0v) is 21.0. The molecule has 0 saturated heterocycles. The molecule has 0 spiro atoms. The number of hydrogen-bond acceptors (Lipinski definition) is 8. The monoisotopic (exact) mass is 600 g/mol. The number of rotatable bonds is 10. The van der Waals surface area contributed by atoms with Crippen LogP contribution >= 0.6 is 0 Å². The van der Waals surface area contributed by atoms with Gasteiger partial charge in [0.05, 0.1) is 14.2 Å². The molecule has 2 N–H and O–H groups in total. The lowest BCUT2D eigenvalue weighted by molar-refractivity contribution is -0.0453. The number of sulfonamides is 2. The predicted octanol–water partition coefficient (Wildman–Crippen LogP) is 2.69. The van der Waals surface area contributed by atoms with Gasteiger partial charge in [0.15, 0.2) is 20.6 Å². The van der Waals surface area contributed by atoms with Crippen LogP contribution in [0.25, 0.3) is 0 Å². The van der Waals surface area contributed by atoms with Gasteiger partial charge in [-0.2, -0.15) is 35.8 Å². The predicted molar refractivity (Wildman–Crippen MR) is 117 cm³/mol. The SMILES string of the molecule is COc1ccc(C(NS(=O)(=O)C(F)(F)F)S(=O)(=O)C(NS(=O)(=O)C(F)(F)F)c2ccc(OC)cc2)cc1. The summed E-state index contributed by atoms with van der Waals surface area (Å²) < 4.78 is 164. The molecule has 0 aliphatic carbocycles. The Balaban J connectivity index is 2.80. The summed E-state index contributed by atoms with van der Waals surface area (Å²) in [5.41, 5.74) is -13.5. The van der Waals surface area contributed by atoms with Crippen molar-refractivity contribution in [1.29, 1.82) is 0 Å². The number of methoxy groups -OCH3 is 2.